The lowest BCUT2D eigenvalue weighted by atomic mass is 10.1. The third-order valence-electron chi connectivity index (χ3n) is 5.69. The Bertz CT molecular complexity index is 1520. The van der Waals surface area contributed by atoms with Gasteiger partial charge >= 0.3 is 0 Å². The fraction of sp³-hybridized carbons (Fsp3) is 0.0357. The predicted octanol–water partition coefficient (Wildman–Crippen LogP) is 7.45. The maximum atomic E-state index is 11.0. The first-order valence-corrected chi connectivity index (χ1v) is 11.3. The molecule has 0 radical (unpaired) electrons. The summed E-state index contributed by atoms with van der Waals surface area (Å²) in [5.74, 6) is 0.541. The number of methoxy groups -OCH3 is 1. The summed E-state index contributed by atoms with van der Waals surface area (Å²) in [7, 11) is 1.45. The highest BCUT2D eigenvalue weighted by molar-refractivity contribution is 5.83. The Morgan fingerprint density at radius 2 is 1.49 bits per heavy atom. The molecule has 5 aromatic rings. The molecular formula is C28H21N5O4. The van der Waals surface area contributed by atoms with E-state index >= 15 is 0 Å². The first-order valence-electron chi connectivity index (χ1n) is 11.3. The number of rotatable bonds is 7. The van der Waals surface area contributed by atoms with Crippen molar-refractivity contribution in [2.45, 2.75) is 0 Å². The van der Waals surface area contributed by atoms with Crippen molar-refractivity contribution >= 4 is 17.1 Å². The Hall–Kier alpha value is -5.31. The van der Waals surface area contributed by atoms with E-state index < -0.39 is 4.92 Å². The van der Waals surface area contributed by atoms with Crippen LogP contribution in [0.2, 0.25) is 0 Å². The van der Waals surface area contributed by atoms with Crippen molar-refractivity contribution in [1.29, 1.82) is 0 Å². The van der Waals surface area contributed by atoms with E-state index in [1.807, 2.05) is 60.7 Å². The molecular weight excluding hydrogens is 470 g/mol. The Labute approximate surface area is 211 Å². The number of azo groups is 1. The van der Waals surface area contributed by atoms with E-state index in [1.165, 1.54) is 31.4 Å². The Kier molecular flexibility index (Phi) is 6.41. The summed E-state index contributed by atoms with van der Waals surface area (Å²) in [6, 6.07) is 28.5. The maximum Gasteiger partial charge on any atom is 0.269 e. The Morgan fingerprint density at radius 3 is 2.11 bits per heavy atom. The van der Waals surface area contributed by atoms with Gasteiger partial charge in [-0.3, -0.25) is 10.1 Å². The number of ether oxygens (including phenoxy) is 1. The highest BCUT2D eigenvalue weighted by Gasteiger charge is 2.20. The van der Waals surface area contributed by atoms with E-state index in [-0.39, 0.29) is 17.2 Å². The minimum atomic E-state index is -0.477. The molecule has 0 fully saturated rings. The van der Waals surface area contributed by atoms with E-state index in [4.69, 9.17) is 9.72 Å². The highest BCUT2D eigenvalue weighted by Crippen LogP contribution is 2.42. The molecule has 0 aliphatic rings. The minimum Gasteiger partial charge on any atom is -0.504 e. The van der Waals surface area contributed by atoms with E-state index in [0.29, 0.717) is 22.8 Å². The van der Waals surface area contributed by atoms with Crippen LogP contribution in [-0.4, -0.2) is 27.1 Å². The number of aromatic amines is 1. The van der Waals surface area contributed by atoms with Crippen molar-refractivity contribution in [2.24, 2.45) is 10.2 Å². The number of imidazole rings is 1. The molecule has 0 spiro atoms. The lowest BCUT2D eigenvalue weighted by Crippen LogP contribution is -1.88. The standard InChI is InChI=1S/C28H21N5O4/c1-37-24-17-21(32-31-20-12-14-22(15-13-20)33(35)36)16-23(27(24)34)28-29-25(18-8-4-2-5-9-18)26(30-28)19-10-6-3-7-11-19/h2-17,34H,1H3,(H,29,30). The van der Waals surface area contributed by atoms with Crippen LogP contribution >= 0.6 is 0 Å². The lowest BCUT2D eigenvalue weighted by Gasteiger charge is -2.08. The van der Waals surface area contributed by atoms with Crippen molar-refractivity contribution in [3.05, 3.63) is 107 Å². The molecule has 0 saturated heterocycles. The van der Waals surface area contributed by atoms with Crippen LogP contribution in [0.3, 0.4) is 0 Å². The van der Waals surface area contributed by atoms with Gasteiger partial charge in [0.15, 0.2) is 11.5 Å². The predicted molar refractivity (Wildman–Crippen MR) is 140 cm³/mol. The molecule has 9 heteroatoms. The molecule has 0 unspecified atom stereocenters. The van der Waals surface area contributed by atoms with Gasteiger partial charge in [0.1, 0.15) is 5.82 Å². The number of nitro benzene ring substituents is 1. The summed E-state index contributed by atoms with van der Waals surface area (Å²) in [5.41, 5.74) is 4.60. The molecule has 37 heavy (non-hydrogen) atoms. The average Bonchev–Trinajstić information content (AvgIpc) is 3.39. The van der Waals surface area contributed by atoms with Crippen LogP contribution in [0, 0.1) is 10.1 Å². The zero-order valence-electron chi connectivity index (χ0n) is 19.7. The van der Waals surface area contributed by atoms with Gasteiger partial charge in [0.05, 0.1) is 40.4 Å². The van der Waals surface area contributed by atoms with Gasteiger partial charge < -0.3 is 14.8 Å². The van der Waals surface area contributed by atoms with Gasteiger partial charge in [-0.15, -0.1) is 0 Å². The largest absolute Gasteiger partial charge is 0.504 e. The highest BCUT2D eigenvalue weighted by atomic mass is 16.6. The van der Waals surface area contributed by atoms with E-state index in [1.54, 1.807) is 12.1 Å². The third-order valence-corrected chi connectivity index (χ3v) is 5.69. The summed E-state index contributed by atoms with van der Waals surface area (Å²) in [6.45, 7) is 0. The van der Waals surface area contributed by atoms with E-state index in [9.17, 15) is 15.2 Å². The van der Waals surface area contributed by atoms with Gasteiger partial charge in [-0.05, 0) is 18.2 Å². The van der Waals surface area contributed by atoms with Crippen LogP contribution in [0.1, 0.15) is 0 Å². The molecule has 1 aromatic heterocycles. The van der Waals surface area contributed by atoms with Gasteiger partial charge in [0.2, 0.25) is 0 Å². The monoisotopic (exact) mass is 491 g/mol. The fourth-order valence-corrected chi connectivity index (χ4v) is 3.86. The molecule has 2 N–H and O–H groups in total. The molecule has 1 heterocycles. The number of aromatic hydroxyl groups is 1. The number of H-pyrrole nitrogens is 1. The van der Waals surface area contributed by atoms with E-state index in [2.05, 4.69) is 15.2 Å². The van der Waals surface area contributed by atoms with Crippen molar-refractivity contribution in [2.75, 3.05) is 7.11 Å². The first-order chi connectivity index (χ1) is 18.0. The van der Waals surface area contributed by atoms with Gasteiger partial charge in [0.25, 0.3) is 5.69 Å². The summed E-state index contributed by atoms with van der Waals surface area (Å²) in [6.07, 6.45) is 0. The zero-order chi connectivity index (χ0) is 25.8. The van der Waals surface area contributed by atoms with Crippen molar-refractivity contribution in [3.8, 4) is 45.4 Å². The van der Waals surface area contributed by atoms with Gasteiger partial charge in [0, 0.05) is 29.3 Å². The number of hydrogen-bond donors (Lipinski definition) is 2. The normalized spacial score (nSPS) is 11.1. The molecule has 0 bridgehead atoms. The number of nitrogens with one attached hydrogen (secondary N) is 1. The zero-order valence-corrected chi connectivity index (χ0v) is 19.7. The van der Waals surface area contributed by atoms with Gasteiger partial charge in [-0.2, -0.15) is 10.2 Å². The molecule has 5 rings (SSSR count). The summed E-state index contributed by atoms with van der Waals surface area (Å²) < 4.78 is 5.38. The first kappa shape index (κ1) is 23.4. The number of non-ortho nitro benzene ring substituents is 1. The second-order valence-corrected chi connectivity index (χ2v) is 8.06. The summed E-state index contributed by atoms with van der Waals surface area (Å²) in [4.78, 5) is 18.6. The summed E-state index contributed by atoms with van der Waals surface area (Å²) >= 11 is 0. The second kappa shape index (κ2) is 10.1. The second-order valence-electron chi connectivity index (χ2n) is 8.06. The molecule has 4 aromatic carbocycles. The molecule has 0 aliphatic carbocycles. The van der Waals surface area contributed by atoms with Crippen LogP contribution in [0.4, 0.5) is 17.1 Å². The quantitative estimate of drug-likeness (QED) is 0.139. The number of phenolic OH excluding ortho intramolecular Hbond substituents is 1. The molecule has 0 atom stereocenters. The average molecular weight is 492 g/mol. The van der Waals surface area contributed by atoms with Crippen molar-refractivity contribution in [3.63, 3.8) is 0 Å². The van der Waals surface area contributed by atoms with Crippen LogP contribution in [0.15, 0.2) is 107 Å². The maximum absolute atomic E-state index is 11.0. The van der Waals surface area contributed by atoms with Crippen LogP contribution in [0.25, 0.3) is 33.9 Å². The molecule has 182 valence electrons. The van der Waals surface area contributed by atoms with Gasteiger partial charge in [-0.1, -0.05) is 60.7 Å². The topological polar surface area (TPSA) is 126 Å². The Morgan fingerprint density at radius 1 is 0.865 bits per heavy atom. The molecule has 0 aliphatic heterocycles. The smallest absolute Gasteiger partial charge is 0.269 e. The van der Waals surface area contributed by atoms with Crippen LogP contribution in [0.5, 0.6) is 11.5 Å². The Balaban J connectivity index is 1.59. The summed E-state index contributed by atoms with van der Waals surface area (Å²) in [5, 5.41) is 30.3. The van der Waals surface area contributed by atoms with E-state index in [0.717, 1.165) is 22.5 Å². The third kappa shape index (κ3) is 4.92. The molecule has 0 saturated carbocycles. The number of hydrogen-bond acceptors (Lipinski definition) is 7. The SMILES string of the molecule is COc1cc(N=Nc2ccc([N+](=O)[O-])cc2)cc(-c2nc(-c3ccccc3)c(-c3ccccc3)[nH]2)c1O. The fourth-order valence-electron chi connectivity index (χ4n) is 3.86. The van der Waals surface area contributed by atoms with Crippen LogP contribution in [-0.2, 0) is 0 Å². The lowest BCUT2D eigenvalue weighted by molar-refractivity contribution is -0.384. The number of nitrogens with zero attached hydrogens (tertiary/aromatic N) is 4. The van der Waals surface area contributed by atoms with Crippen molar-refractivity contribution in [1.82, 2.24) is 9.97 Å². The number of aromatic nitrogens is 2. The number of phenols is 1. The number of benzene rings is 4. The number of nitro groups is 1. The van der Waals surface area contributed by atoms with Gasteiger partial charge in [-0.25, -0.2) is 4.98 Å². The molecule has 0 amide bonds. The van der Waals surface area contributed by atoms with Crippen LogP contribution < -0.4 is 4.74 Å². The molecule has 9 nitrogen and oxygen atoms in total. The minimum absolute atomic E-state index is 0.0335. The van der Waals surface area contributed by atoms with Crippen molar-refractivity contribution < 1.29 is 14.8 Å².